The molecule has 8 nitrogen and oxygen atoms in total. The summed E-state index contributed by atoms with van der Waals surface area (Å²) in [6.07, 6.45) is 1.58. The van der Waals surface area contributed by atoms with Gasteiger partial charge in [-0.1, -0.05) is 18.2 Å². The van der Waals surface area contributed by atoms with Crippen molar-refractivity contribution in [1.29, 1.82) is 0 Å². The highest BCUT2D eigenvalue weighted by Crippen LogP contribution is 2.36. The number of aromatic nitrogens is 2. The molecule has 1 amide bonds. The third-order valence-corrected chi connectivity index (χ3v) is 4.51. The standard InChI is InChI=1S/C20H19N5O3/c1-27-15-8-7-11(9-16(15)28-2)23-20-22-10-13-17(21)19(26)24-14-6-4-3-5-12(14)18(13)25-20/h3-10,17H,21H2,1-2H3,(H,24,26)(H,22,23,25). The van der Waals surface area contributed by atoms with E-state index in [9.17, 15) is 4.79 Å². The molecule has 0 radical (unpaired) electrons. The van der Waals surface area contributed by atoms with Crippen molar-refractivity contribution in [3.8, 4) is 22.8 Å². The van der Waals surface area contributed by atoms with Gasteiger partial charge in [0.05, 0.1) is 25.6 Å². The molecule has 4 rings (SSSR count). The number of hydrogen-bond acceptors (Lipinski definition) is 7. The van der Waals surface area contributed by atoms with Crippen LogP contribution in [-0.2, 0) is 4.79 Å². The molecule has 2 aromatic carbocycles. The number of methoxy groups -OCH3 is 2. The number of anilines is 3. The van der Waals surface area contributed by atoms with Gasteiger partial charge in [0, 0.05) is 29.1 Å². The van der Waals surface area contributed by atoms with Crippen molar-refractivity contribution >= 4 is 23.2 Å². The summed E-state index contributed by atoms with van der Waals surface area (Å²) in [5.74, 6) is 1.29. The number of amides is 1. The Kier molecular flexibility index (Phi) is 4.54. The van der Waals surface area contributed by atoms with Crippen molar-refractivity contribution in [2.75, 3.05) is 24.9 Å². The second-order valence-corrected chi connectivity index (χ2v) is 6.20. The molecule has 8 heteroatoms. The first kappa shape index (κ1) is 17.7. The van der Waals surface area contributed by atoms with Gasteiger partial charge in [-0.15, -0.1) is 0 Å². The van der Waals surface area contributed by atoms with Gasteiger partial charge in [0.1, 0.15) is 6.04 Å². The lowest BCUT2D eigenvalue weighted by atomic mass is 10.0. The second-order valence-electron chi connectivity index (χ2n) is 6.20. The van der Waals surface area contributed by atoms with E-state index in [1.165, 1.54) is 0 Å². The summed E-state index contributed by atoms with van der Waals surface area (Å²) in [6, 6.07) is 12.0. The molecule has 3 aromatic rings. The van der Waals surface area contributed by atoms with Crippen LogP contribution in [0.25, 0.3) is 11.3 Å². The van der Waals surface area contributed by atoms with Crippen LogP contribution in [0.15, 0.2) is 48.7 Å². The molecule has 0 saturated heterocycles. The Labute approximate surface area is 161 Å². The maximum absolute atomic E-state index is 12.3. The average Bonchev–Trinajstić information content (AvgIpc) is 2.83. The van der Waals surface area contributed by atoms with Crippen LogP contribution in [0.5, 0.6) is 11.5 Å². The molecule has 1 aliphatic rings. The van der Waals surface area contributed by atoms with E-state index in [0.717, 1.165) is 11.3 Å². The normalized spacial score (nSPS) is 15.0. The van der Waals surface area contributed by atoms with E-state index >= 15 is 0 Å². The first-order chi connectivity index (χ1) is 13.6. The van der Waals surface area contributed by atoms with E-state index in [1.807, 2.05) is 30.3 Å². The minimum absolute atomic E-state index is 0.296. The number of nitrogens with two attached hydrogens (primary N) is 1. The molecule has 28 heavy (non-hydrogen) atoms. The Hall–Kier alpha value is -3.65. The number of fused-ring (bicyclic) bond motifs is 3. The SMILES string of the molecule is COc1ccc(Nc2ncc3c(n2)-c2ccccc2NC(=O)C3N)cc1OC. The summed E-state index contributed by atoms with van der Waals surface area (Å²) in [4.78, 5) is 21.3. The zero-order valence-corrected chi connectivity index (χ0v) is 15.4. The topological polar surface area (TPSA) is 111 Å². The number of ether oxygens (including phenoxy) is 2. The van der Waals surface area contributed by atoms with Gasteiger partial charge in [-0.05, 0) is 18.2 Å². The molecule has 1 aliphatic heterocycles. The second kappa shape index (κ2) is 7.16. The van der Waals surface area contributed by atoms with Crippen LogP contribution in [0, 0.1) is 0 Å². The fourth-order valence-corrected chi connectivity index (χ4v) is 3.09. The molecule has 0 saturated carbocycles. The lowest BCUT2D eigenvalue weighted by molar-refractivity contribution is -0.117. The van der Waals surface area contributed by atoms with E-state index in [1.54, 1.807) is 32.5 Å². The maximum Gasteiger partial charge on any atom is 0.246 e. The van der Waals surface area contributed by atoms with Crippen molar-refractivity contribution in [2.24, 2.45) is 5.73 Å². The minimum Gasteiger partial charge on any atom is -0.493 e. The summed E-state index contributed by atoms with van der Waals surface area (Å²) < 4.78 is 10.6. The minimum atomic E-state index is -0.850. The molecule has 0 fully saturated rings. The summed E-state index contributed by atoms with van der Waals surface area (Å²) in [5, 5.41) is 5.99. The van der Waals surface area contributed by atoms with Gasteiger partial charge in [0.25, 0.3) is 0 Å². The van der Waals surface area contributed by atoms with Gasteiger partial charge in [-0.25, -0.2) is 9.97 Å². The maximum atomic E-state index is 12.3. The number of nitrogens with zero attached hydrogens (tertiary/aromatic N) is 2. The smallest absolute Gasteiger partial charge is 0.246 e. The zero-order valence-electron chi connectivity index (χ0n) is 15.4. The molecular weight excluding hydrogens is 358 g/mol. The van der Waals surface area contributed by atoms with Crippen molar-refractivity contribution < 1.29 is 14.3 Å². The quantitative estimate of drug-likeness (QED) is 0.641. The van der Waals surface area contributed by atoms with Crippen molar-refractivity contribution in [2.45, 2.75) is 6.04 Å². The molecular formula is C20H19N5O3. The number of carbonyl (C=O) groups excluding carboxylic acids is 1. The van der Waals surface area contributed by atoms with Crippen LogP contribution < -0.4 is 25.8 Å². The van der Waals surface area contributed by atoms with Crippen LogP contribution in [0.3, 0.4) is 0 Å². The van der Waals surface area contributed by atoms with Crippen LogP contribution in [0.2, 0.25) is 0 Å². The molecule has 0 bridgehead atoms. The molecule has 0 spiro atoms. The van der Waals surface area contributed by atoms with Gasteiger partial charge in [-0.2, -0.15) is 0 Å². The fourth-order valence-electron chi connectivity index (χ4n) is 3.09. The largest absolute Gasteiger partial charge is 0.493 e. The highest BCUT2D eigenvalue weighted by atomic mass is 16.5. The van der Waals surface area contributed by atoms with Crippen LogP contribution in [0.1, 0.15) is 11.6 Å². The highest BCUT2D eigenvalue weighted by Gasteiger charge is 2.27. The number of benzene rings is 2. The van der Waals surface area contributed by atoms with Crippen molar-refractivity contribution in [1.82, 2.24) is 9.97 Å². The van der Waals surface area contributed by atoms with E-state index in [2.05, 4.69) is 20.6 Å². The Morgan fingerprint density at radius 3 is 2.68 bits per heavy atom. The Morgan fingerprint density at radius 2 is 1.89 bits per heavy atom. The summed E-state index contributed by atoms with van der Waals surface area (Å²) in [7, 11) is 3.15. The lowest BCUT2D eigenvalue weighted by Gasteiger charge is -2.13. The van der Waals surface area contributed by atoms with E-state index < -0.39 is 6.04 Å². The van der Waals surface area contributed by atoms with Gasteiger partial charge in [-0.3, -0.25) is 4.79 Å². The van der Waals surface area contributed by atoms with E-state index in [0.29, 0.717) is 34.4 Å². The predicted molar refractivity (Wildman–Crippen MR) is 106 cm³/mol. The predicted octanol–water partition coefficient (Wildman–Crippen LogP) is 2.86. The average molecular weight is 377 g/mol. The fraction of sp³-hybridized carbons (Fsp3) is 0.150. The summed E-state index contributed by atoms with van der Waals surface area (Å²) in [6.45, 7) is 0. The molecule has 0 aliphatic carbocycles. The van der Waals surface area contributed by atoms with Gasteiger partial charge in [0.2, 0.25) is 11.9 Å². The number of rotatable bonds is 4. The Balaban J connectivity index is 1.75. The number of carbonyl (C=O) groups is 1. The first-order valence-electron chi connectivity index (χ1n) is 8.62. The highest BCUT2D eigenvalue weighted by molar-refractivity contribution is 6.02. The van der Waals surface area contributed by atoms with Crippen LogP contribution in [0.4, 0.5) is 17.3 Å². The number of nitrogens with one attached hydrogen (secondary N) is 2. The molecule has 142 valence electrons. The van der Waals surface area contributed by atoms with Crippen molar-refractivity contribution in [3.63, 3.8) is 0 Å². The lowest BCUT2D eigenvalue weighted by Crippen LogP contribution is -2.26. The van der Waals surface area contributed by atoms with E-state index in [4.69, 9.17) is 15.2 Å². The monoisotopic (exact) mass is 377 g/mol. The van der Waals surface area contributed by atoms with Crippen LogP contribution >= 0.6 is 0 Å². The summed E-state index contributed by atoms with van der Waals surface area (Å²) in [5.41, 5.74) is 9.47. The molecule has 4 N–H and O–H groups in total. The first-order valence-corrected chi connectivity index (χ1v) is 8.62. The third kappa shape index (κ3) is 3.10. The van der Waals surface area contributed by atoms with Gasteiger partial charge >= 0.3 is 0 Å². The summed E-state index contributed by atoms with van der Waals surface area (Å²) >= 11 is 0. The zero-order chi connectivity index (χ0) is 19.7. The van der Waals surface area contributed by atoms with Crippen molar-refractivity contribution in [3.05, 3.63) is 54.2 Å². The Bertz CT molecular complexity index is 1050. The van der Waals surface area contributed by atoms with Gasteiger partial charge < -0.3 is 25.8 Å². The van der Waals surface area contributed by atoms with Crippen LogP contribution in [-0.4, -0.2) is 30.1 Å². The molecule has 1 unspecified atom stereocenters. The third-order valence-electron chi connectivity index (χ3n) is 4.51. The van der Waals surface area contributed by atoms with E-state index in [-0.39, 0.29) is 5.91 Å². The Morgan fingerprint density at radius 1 is 1.11 bits per heavy atom. The molecule has 1 aromatic heterocycles. The number of hydrogen-bond donors (Lipinski definition) is 3. The van der Waals surface area contributed by atoms with Gasteiger partial charge in [0.15, 0.2) is 11.5 Å². The molecule has 1 atom stereocenters. The molecule has 2 heterocycles. The number of para-hydroxylation sites is 1.